The van der Waals surface area contributed by atoms with Crippen LogP contribution in [0.4, 0.5) is 5.69 Å². The summed E-state index contributed by atoms with van der Waals surface area (Å²) in [4.78, 5) is 29.7. The van der Waals surface area contributed by atoms with Gasteiger partial charge in [0.15, 0.2) is 11.5 Å². The number of anilines is 1. The largest absolute Gasteiger partial charge is 0.493 e. The standard InChI is InChI=1S/C19H25N3O4S/c1-6-7-17-21-11(2)16(27-17)10-20-19(24)13-8-14(22-12(3)23)18(26-5)15(9-13)25-4/h8-9H,6-7,10H2,1-5H3,(H,20,24)(H,22,23). The molecule has 1 aromatic heterocycles. The van der Waals surface area contributed by atoms with E-state index in [1.807, 2.05) is 6.92 Å². The SMILES string of the molecule is CCCc1nc(C)c(CNC(=O)c2cc(NC(C)=O)c(OC)c(OC)c2)s1. The van der Waals surface area contributed by atoms with Gasteiger partial charge in [-0.3, -0.25) is 9.59 Å². The monoisotopic (exact) mass is 391 g/mol. The number of rotatable bonds is 8. The molecule has 27 heavy (non-hydrogen) atoms. The Labute approximate surface area is 163 Å². The fourth-order valence-corrected chi connectivity index (χ4v) is 3.72. The van der Waals surface area contributed by atoms with Crippen LogP contribution in [0.15, 0.2) is 12.1 Å². The number of benzene rings is 1. The van der Waals surface area contributed by atoms with Crippen molar-refractivity contribution in [1.82, 2.24) is 10.3 Å². The van der Waals surface area contributed by atoms with Gasteiger partial charge in [-0.05, 0) is 31.9 Å². The third-order valence-electron chi connectivity index (χ3n) is 3.86. The van der Waals surface area contributed by atoms with Gasteiger partial charge in [0.2, 0.25) is 5.91 Å². The highest BCUT2D eigenvalue weighted by Gasteiger charge is 2.17. The molecule has 0 aliphatic heterocycles. The van der Waals surface area contributed by atoms with Crippen LogP contribution in [0.25, 0.3) is 0 Å². The lowest BCUT2D eigenvalue weighted by molar-refractivity contribution is -0.114. The molecule has 0 bridgehead atoms. The van der Waals surface area contributed by atoms with Gasteiger partial charge in [-0.25, -0.2) is 4.98 Å². The molecule has 0 atom stereocenters. The summed E-state index contributed by atoms with van der Waals surface area (Å²) < 4.78 is 10.6. The molecule has 0 saturated heterocycles. The van der Waals surface area contributed by atoms with Crippen LogP contribution in [0.5, 0.6) is 11.5 Å². The molecule has 2 amide bonds. The van der Waals surface area contributed by atoms with Gasteiger partial charge in [0, 0.05) is 17.4 Å². The zero-order valence-corrected chi connectivity index (χ0v) is 17.1. The zero-order valence-electron chi connectivity index (χ0n) is 16.3. The number of hydrogen-bond donors (Lipinski definition) is 2. The summed E-state index contributed by atoms with van der Waals surface area (Å²) in [7, 11) is 2.95. The maximum atomic E-state index is 12.6. The van der Waals surface area contributed by atoms with Crippen molar-refractivity contribution in [2.24, 2.45) is 0 Å². The van der Waals surface area contributed by atoms with Gasteiger partial charge in [-0.2, -0.15) is 0 Å². The second kappa shape index (κ2) is 9.36. The summed E-state index contributed by atoms with van der Waals surface area (Å²) in [5.74, 6) is 0.198. The minimum absolute atomic E-state index is 0.267. The number of carbonyl (C=O) groups is 2. The average molecular weight is 391 g/mol. The molecule has 0 saturated carbocycles. The Morgan fingerprint density at radius 1 is 1.22 bits per heavy atom. The Morgan fingerprint density at radius 3 is 2.56 bits per heavy atom. The average Bonchev–Trinajstić information content (AvgIpc) is 2.98. The number of ether oxygens (including phenoxy) is 2. The Kier molecular flexibility index (Phi) is 7.18. The van der Waals surface area contributed by atoms with Crippen molar-refractivity contribution in [3.8, 4) is 11.5 Å². The van der Waals surface area contributed by atoms with E-state index in [4.69, 9.17) is 9.47 Å². The Morgan fingerprint density at radius 2 is 1.96 bits per heavy atom. The number of hydrogen-bond acceptors (Lipinski definition) is 6. The van der Waals surface area contributed by atoms with E-state index in [2.05, 4.69) is 22.5 Å². The lowest BCUT2D eigenvalue weighted by Crippen LogP contribution is -2.23. The molecular weight excluding hydrogens is 366 g/mol. The zero-order chi connectivity index (χ0) is 20.0. The lowest BCUT2D eigenvalue weighted by Gasteiger charge is -2.15. The van der Waals surface area contributed by atoms with Gasteiger partial charge >= 0.3 is 0 Å². The van der Waals surface area contributed by atoms with Crippen LogP contribution in [-0.4, -0.2) is 31.0 Å². The van der Waals surface area contributed by atoms with Crippen molar-refractivity contribution in [2.75, 3.05) is 19.5 Å². The van der Waals surface area contributed by atoms with Gasteiger partial charge in [0.05, 0.1) is 37.2 Å². The van der Waals surface area contributed by atoms with Crippen LogP contribution in [0, 0.1) is 6.92 Å². The Bertz CT molecular complexity index is 833. The van der Waals surface area contributed by atoms with E-state index in [9.17, 15) is 9.59 Å². The molecule has 0 radical (unpaired) electrons. The van der Waals surface area contributed by atoms with Crippen molar-refractivity contribution in [3.05, 3.63) is 33.3 Å². The summed E-state index contributed by atoms with van der Waals surface area (Å²) in [6, 6.07) is 3.15. The number of thiazole rings is 1. The van der Waals surface area contributed by atoms with Gasteiger partial charge in [0.1, 0.15) is 0 Å². The molecular formula is C19H25N3O4S. The molecule has 7 nitrogen and oxygen atoms in total. The quantitative estimate of drug-likeness (QED) is 0.721. The van der Waals surface area contributed by atoms with Crippen LogP contribution in [-0.2, 0) is 17.8 Å². The molecule has 0 unspecified atom stereocenters. The maximum Gasteiger partial charge on any atom is 0.251 e. The van der Waals surface area contributed by atoms with Crippen LogP contribution >= 0.6 is 11.3 Å². The number of nitrogens with one attached hydrogen (secondary N) is 2. The first kappa shape index (κ1) is 20.7. The highest BCUT2D eigenvalue weighted by molar-refractivity contribution is 7.11. The van der Waals surface area contributed by atoms with Gasteiger partial charge in [-0.15, -0.1) is 11.3 Å². The van der Waals surface area contributed by atoms with Crippen molar-refractivity contribution >= 4 is 28.8 Å². The predicted molar refractivity (Wildman–Crippen MR) is 106 cm³/mol. The number of nitrogens with zero attached hydrogens (tertiary/aromatic N) is 1. The van der Waals surface area contributed by atoms with E-state index < -0.39 is 0 Å². The summed E-state index contributed by atoms with van der Waals surface area (Å²) >= 11 is 1.62. The Hall–Kier alpha value is -2.61. The van der Waals surface area contributed by atoms with Crippen molar-refractivity contribution in [2.45, 2.75) is 40.2 Å². The van der Waals surface area contributed by atoms with E-state index in [1.165, 1.54) is 21.1 Å². The molecule has 0 fully saturated rings. The smallest absolute Gasteiger partial charge is 0.251 e. The summed E-state index contributed by atoms with van der Waals surface area (Å²) in [5, 5.41) is 6.65. The number of amides is 2. The van der Waals surface area contributed by atoms with E-state index >= 15 is 0 Å². The fraction of sp³-hybridized carbons (Fsp3) is 0.421. The van der Waals surface area contributed by atoms with Crippen LogP contribution in [0.3, 0.4) is 0 Å². The molecule has 0 aliphatic carbocycles. The van der Waals surface area contributed by atoms with E-state index in [1.54, 1.807) is 23.5 Å². The van der Waals surface area contributed by atoms with Gasteiger partial charge in [-0.1, -0.05) is 6.92 Å². The molecule has 2 N–H and O–H groups in total. The van der Waals surface area contributed by atoms with E-state index in [0.717, 1.165) is 28.4 Å². The van der Waals surface area contributed by atoms with Gasteiger partial charge in [0.25, 0.3) is 5.91 Å². The minimum Gasteiger partial charge on any atom is -0.493 e. The molecule has 8 heteroatoms. The summed E-state index contributed by atoms with van der Waals surface area (Å²) in [6.45, 7) is 5.85. The molecule has 1 aromatic carbocycles. The lowest BCUT2D eigenvalue weighted by atomic mass is 10.1. The summed E-state index contributed by atoms with van der Waals surface area (Å²) in [5.41, 5.74) is 1.69. The fourth-order valence-electron chi connectivity index (χ4n) is 2.61. The number of methoxy groups -OCH3 is 2. The number of aromatic nitrogens is 1. The normalized spacial score (nSPS) is 10.4. The first-order chi connectivity index (χ1) is 12.9. The molecule has 0 spiro atoms. The number of aryl methyl sites for hydroxylation is 2. The van der Waals surface area contributed by atoms with Crippen molar-refractivity contribution in [3.63, 3.8) is 0 Å². The predicted octanol–water partition coefficient (Wildman–Crippen LogP) is 3.31. The highest BCUT2D eigenvalue weighted by Crippen LogP contribution is 2.36. The maximum absolute atomic E-state index is 12.6. The molecule has 2 rings (SSSR count). The summed E-state index contributed by atoms with van der Waals surface area (Å²) in [6.07, 6.45) is 1.98. The first-order valence-corrected chi connectivity index (χ1v) is 9.48. The van der Waals surface area contributed by atoms with E-state index in [0.29, 0.717) is 29.3 Å². The topological polar surface area (TPSA) is 89.6 Å². The molecule has 146 valence electrons. The third kappa shape index (κ3) is 5.19. The second-order valence-electron chi connectivity index (χ2n) is 5.99. The second-order valence-corrected chi connectivity index (χ2v) is 7.16. The highest BCUT2D eigenvalue weighted by atomic mass is 32.1. The van der Waals surface area contributed by atoms with E-state index in [-0.39, 0.29) is 11.8 Å². The van der Waals surface area contributed by atoms with Crippen LogP contribution in [0.1, 0.15) is 46.2 Å². The third-order valence-corrected chi connectivity index (χ3v) is 5.08. The molecule has 1 heterocycles. The van der Waals surface area contributed by atoms with Gasteiger partial charge < -0.3 is 20.1 Å². The van der Waals surface area contributed by atoms with Crippen molar-refractivity contribution < 1.29 is 19.1 Å². The van der Waals surface area contributed by atoms with Crippen LogP contribution < -0.4 is 20.1 Å². The minimum atomic E-state index is -0.271. The number of carbonyl (C=O) groups excluding carboxylic acids is 2. The Balaban J connectivity index is 2.21. The molecule has 0 aliphatic rings. The first-order valence-electron chi connectivity index (χ1n) is 8.66. The molecule has 2 aromatic rings. The van der Waals surface area contributed by atoms with Crippen molar-refractivity contribution in [1.29, 1.82) is 0 Å². The van der Waals surface area contributed by atoms with Crippen LogP contribution in [0.2, 0.25) is 0 Å².